The molecule has 0 spiro atoms. The van der Waals surface area contributed by atoms with E-state index < -0.39 is 0 Å². The average Bonchev–Trinajstić information content (AvgIpc) is 3.13. The highest BCUT2D eigenvalue weighted by atomic mass is 32.1. The second-order valence-electron chi connectivity index (χ2n) is 6.86. The Hall–Kier alpha value is -2.87. The third kappa shape index (κ3) is 4.51. The number of hydrogen-bond acceptors (Lipinski definition) is 7. The van der Waals surface area contributed by atoms with E-state index in [1.54, 1.807) is 23.7 Å². The van der Waals surface area contributed by atoms with Crippen LogP contribution in [0.25, 0.3) is 0 Å². The molecule has 0 atom stereocenters. The standard InChI is InChI=1S/C20H22N6OS/c1-14-23-16(13-28-14)10-20(27)26-8-5-15(6-9-26)17-11-21-12-19(24-17)25-18-4-2-3-7-22-18/h2-4,7,11-13,15H,5-6,8-10H2,1H3,(H,22,24,25). The van der Waals surface area contributed by atoms with Crippen LogP contribution in [0.5, 0.6) is 0 Å². The lowest BCUT2D eigenvalue weighted by atomic mass is 9.93. The van der Waals surface area contributed by atoms with E-state index in [0.717, 1.165) is 48.1 Å². The summed E-state index contributed by atoms with van der Waals surface area (Å²) in [6.07, 6.45) is 7.43. The van der Waals surface area contributed by atoms with Gasteiger partial charge in [-0.25, -0.2) is 15.0 Å². The molecule has 4 heterocycles. The first-order valence-electron chi connectivity index (χ1n) is 9.36. The predicted molar refractivity (Wildman–Crippen MR) is 109 cm³/mol. The van der Waals surface area contributed by atoms with E-state index in [2.05, 4.69) is 20.3 Å². The Balaban J connectivity index is 1.34. The molecular formula is C20H22N6OS. The third-order valence-corrected chi connectivity index (χ3v) is 5.66. The highest BCUT2D eigenvalue weighted by Gasteiger charge is 2.25. The van der Waals surface area contributed by atoms with E-state index in [9.17, 15) is 4.79 Å². The molecule has 0 bridgehead atoms. The van der Waals surface area contributed by atoms with Crippen molar-refractivity contribution in [1.82, 2.24) is 24.8 Å². The summed E-state index contributed by atoms with van der Waals surface area (Å²) in [7, 11) is 0. The highest BCUT2D eigenvalue weighted by molar-refractivity contribution is 7.09. The topological polar surface area (TPSA) is 83.9 Å². The van der Waals surface area contributed by atoms with Gasteiger partial charge in [-0.15, -0.1) is 11.3 Å². The zero-order valence-corrected chi connectivity index (χ0v) is 16.5. The predicted octanol–water partition coefficient (Wildman–Crippen LogP) is 3.33. The fourth-order valence-corrected chi connectivity index (χ4v) is 4.00. The molecule has 144 valence electrons. The number of nitrogens with one attached hydrogen (secondary N) is 1. The van der Waals surface area contributed by atoms with Gasteiger partial charge in [0, 0.05) is 36.8 Å². The zero-order valence-electron chi connectivity index (χ0n) is 15.7. The normalized spacial score (nSPS) is 14.8. The molecular weight excluding hydrogens is 372 g/mol. The van der Waals surface area contributed by atoms with E-state index in [1.807, 2.05) is 41.6 Å². The van der Waals surface area contributed by atoms with E-state index in [1.165, 1.54) is 0 Å². The van der Waals surface area contributed by atoms with E-state index in [0.29, 0.717) is 18.2 Å². The Morgan fingerprint density at radius 3 is 2.79 bits per heavy atom. The van der Waals surface area contributed by atoms with Crippen molar-refractivity contribution in [1.29, 1.82) is 0 Å². The van der Waals surface area contributed by atoms with Gasteiger partial charge in [-0.3, -0.25) is 9.78 Å². The van der Waals surface area contributed by atoms with Crippen molar-refractivity contribution >= 4 is 28.9 Å². The molecule has 3 aromatic heterocycles. The monoisotopic (exact) mass is 394 g/mol. The van der Waals surface area contributed by atoms with Gasteiger partial charge in [0.1, 0.15) is 11.6 Å². The number of hydrogen-bond donors (Lipinski definition) is 1. The van der Waals surface area contributed by atoms with Crippen LogP contribution in [0.15, 0.2) is 42.2 Å². The van der Waals surface area contributed by atoms with Gasteiger partial charge in [-0.2, -0.15) is 0 Å². The molecule has 4 rings (SSSR count). The highest BCUT2D eigenvalue weighted by Crippen LogP contribution is 2.27. The molecule has 7 nitrogen and oxygen atoms in total. The van der Waals surface area contributed by atoms with Crippen molar-refractivity contribution in [2.45, 2.75) is 32.1 Å². The Kier molecular flexibility index (Phi) is 5.57. The molecule has 8 heteroatoms. The zero-order chi connectivity index (χ0) is 19.3. The number of anilines is 2. The lowest BCUT2D eigenvalue weighted by Gasteiger charge is -2.31. The molecule has 1 aliphatic rings. The van der Waals surface area contributed by atoms with Crippen LogP contribution in [0.4, 0.5) is 11.6 Å². The number of rotatable bonds is 5. The van der Waals surface area contributed by atoms with Crippen molar-refractivity contribution < 1.29 is 4.79 Å². The fourth-order valence-electron chi connectivity index (χ4n) is 3.39. The van der Waals surface area contributed by atoms with Gasteiger partial charge in [0.2, 0.25) is 5.91 Å². The first-order valence-corrected chi connectivity index (χ1v) is 10.2. The van der Waals surface area contributed by atoms with Crippen LogP contribution < -0.4 is 5.32 Å². The quantitative estimate of drug-likeness (QED) is 0.715. The minimum absolute atomic E-state index is 0.153. The number of pyridine rings is 1. The van der Waals surface area contributed by atoms with Crippen molar-refractivity contribution in [2.24, 2.45) is 0 Å². The number of aryl methyl sites for hydroxylation is 1. The maximum absolute atomic E-state index is 12.5. The Labute approximate surface area is 167 Å². The molecule has 1 fully saturated rings. The Bertz CT molecular complexity index is 937. The number of piperidine rings is 1. The third-order valence-electron chi connectivity index (χ3n) is 4.84. The summed E-state index contributed by atoms with van der Waals surface area (Å²) in [6, 6.07) is 5.69. The smallest absolute Gasteiger partial charge is 0.228 e. The van der Waals surface area contributed by atoms with Crippen LogP contribution in [-0.2, 0) is 11.2 Å². The molecule has 1 saturated heterocycles. The molecule has 1 amide bonds. The summed E-state index contributed by atoms with van der Waals surface area (Å²) < 4.78 is 0. The number of nitrogens with zero attached hydrogens (tertiary/aromatic N) is 5. The minimum Gasteiger partial charge on any atom is -0.342 e. The van der Waals surface area contributed by atoms with E-state index >= 15 is 0 Å². The summed E-state index contributed by atoms with van der Waals surface area (Å²) in [4.78, 5) is 32.1. The number of thiazole rings is 1. The largest absolute Gasteiger partial charge is 0.342 e. The molecule has 28 heavy (non-hydrogen) atoms. The lowest BCUT2D eigenvalue weighted by Crippen LogP contribution is -2.39. The fraction of sp³-hybridized carbons (Fsp3) is 0.350. The van der Waals surface area contributed by atoms with Gasteiger partial charge in [0.15, 0.2) is 0 Å². The van der Waals surface area contributed by atoms with Gasteiger partial charge < -0.3 is 10.2 Å². The van der Waals surface area contributed by atoms with Crippen molar-refractivity contribution in [3.05, 3.63) is 58.6 Å². The molecule has 0 radical (unpaired) electrons. The SMILES string of the molecule is Cc1nc(CC(=O)N2CCC(c3cncc(Nc4ccccn4)n3)CC2)cs1. The van der Waals surface area contributed by atoms with E-state index in [4.69, 9.17) is 4.98 Å². The number of carbonyl (C=O) groups is 1. The van der Waals surface area contributed by atoms with Crippen LogP contribution in [0.2, 0.25) is 0 Å². The van der Waals surface area contributed by atoms with Crippen LogP contribution in [0, 0.1) is 6.92 Å². The van der Waals surface area contributed by atoms with Gasteiger partial charge in [0.05, 0.1) is 29.0 Å². The van der Waals surface area contributed by atoms with Crippen molar-refractivity contribution in [3.8, 4) is 0 Å². The van der Waals surface area contributed by atoms with Crippen LogP contribution in [0.1, 0.15) is 35.2 Å². The molecule has 1 N–H and O–H groups in total. The van der Waals surface area contributed by atoms with E-state index in [-0.39, 0.29) is 5.91 Å². The molecule has 0 unspecified atom stereocenters. The summed E-state index contributed by atoms with van der Waals surface area (Å²) >= 11 is 1.59. The Morgan fingerprint density at radius 2 is 2.07 bits per heavy atom. The summed E-state index contributed by atoms with van der Waals surface area (Å²) in [5.41, 5.74) is 1.83. The minimum atomic E-state index is 0.153. The number of carbonyl (C=O) groups excluding carboxylic acids is 1. The maximum atomic E-state index is 12.5. The van der Waals surface area contributed by atoms with Gasteiger partial charge in [-0.1, -0.05) is 6.07 Å². The van der Waals surface area contributed by atoms with Gasteiger partial charge in [-0.05, 0) is 31.9 Å². The van der Waals surface area contributed by atoms with Gasteiger partial charge >= 0.3 is 0 Å². The second kappa shape index (κ2) is 8.43. The summed E-state index contributed by atoms with van der Waals surface area (Å²) in [5, 5.41) is 6.15. The average molecular weight is 395 g/mol. The number of amides is 1. The molecule has 0 saturated carbocycles. The lowest BCUT2D eigenvalue weighted by molar-refractivity contribution is -0.131. The first-order chi connectivity index (χ1) is 13.7. The molecule has 3 aromatic rings. The van der Waals surface area contributed by atoms with Crippen LogP contribution >= 0.6 is 11.3 Å². The van der Waals surface area contributed by atoms with Crippen molar-refractivity contribution in [2.75, 3.05) is 18.4 Å². The second-order valence-corrected chi connectivity index (χ2v) is 7.92. The van der Waals surface area contributed by atoms with Gasteiger partial charge in [0.25, 0.3) is 0 Å². The maximum Gasteiger partial charge on any atom is 0.228 e. The molecule has 1 aliphatic heterocycles. The summed E-state index contributed by atoms with van der Waals surface area (Å²) in [5.74, 6) is 1.89. The molecule has 0 aromatic carbocycles. The number of aromatic nitrogens is 4. The van der Waals surface area contributed by atoms with Crippen LogP contribution in [-0.4, -0.2) is 43.8 Å². The molecule has 0 aliphatic carbocycles. The first kappa shape index (κ1) is 18.5. The summed E-state index contributed by atoms with van der Waals surface area (Å²) in [6.45, 7) is 3.44. The van der Waals surface area contributed by atoms with Crippen molar-refractivity contribution in [3.63, 3.8) is 0 Å². The van der Waals surface area contributed by atoms with Crippen LogP contribution in [0.3, 0.4) is 0 Å². The Morgan fingerprint density at radius 1 is 1.21 bits per heavy atom. The number of likely N-dealkylation sites (tertiary alicyclic amines) is 1.